The lowest BCUT2D eigenvalue weighted by atomic mass is 10.1. The Kier molecular flexibility index (Phi) is 5.34. The summed E-state index contributed by atoms with van der Waals surface area (Å²) in [4.78, 5) is 13.4. The van der Waals surface area contributed by atoms with E-state index in [2.05, 4.69) is 11.4 Å². The van der Waals surface area contributed by atoms with Gasteiger partial charge in [0, 0.05) is 16.0 Å². The number of nitrogens with zero attached hydrogens (tertiary/aromatic N) is 1. The second-order valence-corrected chi connectivity index (χ2v) is 7.24. The standard InChI is InChI=1S/C19H17ClN2OS/c20-16-8-5-4-6-13(16)10-11-18(23)22-19-15(12-21)14-7-2-1-3-9-17(14)24-19/h4-6,8,10-11H,1-3,7,9H2,(H,22,23). The van der Waals surface area contributed by atoms with Gasteiger partial charge >= 0.3 is 0 Å². The fraction of sp³-hybridized carbons (Fsp3) is 0.263. The van der Waals surface area contributed by atoms with Crippen LogP contribution in [0.4, 0.5) is 5.00 Å². The molecule has 0 unspecified atom stereocenters. The lowest BCUT2D eigenvalue weighted by molar-refractivity contribution is -0.111. The highest BCUT2D eigenvalue weighted by atomic mass is 35.5. The molecule has 0 radical (unpaired) electrons. The number of nitrogens with one attached hydrogen (secondary N) is 1. The zero-order valence-electron chi connectivity index (χ0n) is 13.1. The van der Waals surface area contributed by atoms with Crippen molar-refractivity contribution in [3.05, 3.63) is 56.9 Å². The average molecular weight is 357 g/mol. The van der Waals surface area contributed by atoms with Crippen molar-refractivity contribution in [3.63, 3.8) is 0 Å². The molecule has 3 nitrogen and oxygen atoms in total. The Balaban J connectivity index is 1.78. The van der Waals surface area contributed by atoms with E-state index in [1.807, 2.05) is 18.2 Å². The van der Waals surface area contributed by atoms with Crippen LogP contribution in [0.25, 0.3) is 6.08 Å². The topological polar surface area (TPSA) is 52.9 Å². The first kappa shape index (κ1) is 16.8. The van der Waals surface area contributed by atoms with Gasteiger partial charge in [-0.2, -0.15) is 5.26 Å². The predicted molar refractivity (Wildman–Crippen MR) is 99.4 cm³/mol. The van der Waals surface area contributed by atoms with E-state index < -0.39 is 0 Å². The van der Waals surface area contributed by atoms with Crippen LogP contribution >= 0.6 is 22.9 Å². The molecule has 0 bridgehead atoms. The van der Waals surface area contributed by atoms with Crippen LogP contribution in [0, 0.1) is 11.3 Å². The first-order valence-electron chi connectivity index (χ1n) is 7.97. The van der Waals surface area contributed by atoms with Gasteiger partial charge in [0.25, 0.3) is 0 Å². The molecule has 1 amide bonds. The van der Waals surface area contributed by atoms with Crippen molar-refractivity contribution in [1.29, 1.82) is 5.26 Å². The van der Waals surface area contributed by atoms with Crippen LogP contribution in [0.3, 0.4) is 0 Å². The highest BCUT2D eigenvalue weighted by Gasteiger charge is 2.20. The Hall–Kier alpha value is -2.09. The highest BCUT2D eigenvalue weighted by molar-refractivity contribution is 7.16. The molecule has 2 aromatic rings. The lowest BCUT2D eigenvalue weighted by Crippen LogP contribution is -2.07. The summed E-state index contributed by atoms with van der Waals surface area (Å²) >= 11 is 7.61. The van der Waals surface area contributed by atoms with Crippen molar-refractivity contribution >= 4 is 39.9 Å². The molecule has 3 rings (SSSR count). The normalized spacial score (nSPS) is 14.0. The number of rotatable bonds is 3. The number of anilines is 1. The van der Waals surface area contributed by atoms with Crippen LogP contribution in [-0.2, 0) is 17.6 Å². The number of nitriles is 1. The number of fused-ring (bicyclic) bond motifs is 1. The Morgan fingerprint density at radius 1 is 1.25 bits per heavy atom. The molecular weight excluding hydrogens is 340 g/mol. The molecule has 122 valence electrons. The maximum atomic E-state index is 12.2. The SMILES string of the molecule is N#Cc1c(NC(=O)C=Cc2ccccc2Cl)sc2c1CCCCC2. The smallest absolute Gasteiger partial charge is 0.249 e. The Morgan fingerprint density at radius 2 is 2.04 bits per heavy atom. The van der Waals surface area contributed by atoms with Gasteiger partial charge in [-0.15, -0.1) is 11.3 Å². The largest absolute Gasteiger partial charge is 0.313 e. The molecular formula is C19H17ClN2OS. The molecule has 1 N–H and O–H groups in total. The maximum absolute atomic E-state index is 12.2. The molecule has 1 aromatic carbocycles. The molecule has 0 spiro atoms. The van der Waals surface area contributed by atoms with Gasteiger partial charge in [0.2, 0.25) is 5.91 Å². The average Bonchev–Trinajstić information content (AvgIpc) is 2.74. The number of aryl methyl sites for hydroxylation is 1. The van der Waals surface area contributed by atoms with Crippen LogP contribution < -0.4 is 5.32 Å². The number of hydrogen-bond acceptors (Lipinski definition) is 3. The quantitative estimate of drug-likeness (QED) is 0.607. The molecule has 1 aliphatic carbocycles. The summed E-state index contributed by atoms with van der Waals surface area (Å²) in [6, 6.07) is 9.61. The second kappa shape index (κ2) is 7.65. The fourth-order valence-corrected chi connectivity index (χ4v) is 4.32. The van der Waals surface area contributed by atoms with E-state index in [1.165, 1.54) is 28.7 Å². The first-order chi connectivity index (χ1) is 11.7. The lowest BCUT2D eigenvalue weighted by Gasteiger charge is -2.01. The third-order valence-electron chi connectivity index (χ3n) is 4.09. The van der Waals surface area contributed by atoms with E-state index in [0.717, 1.165) is 36.8 Å². The van der Waals surface area contributed by atoms with Crippen molar-refractivity contribution in [3.8, 4) is 6.07 Å². The van der Waals surface area contributed by atoms with Gasteiger partial charge in [-0.3, -0.25) is 4.79 Å². The van der Waals surface area contributed by atoms with Gasteiger partial charge in [0.05, 0.1) is 5.56 Å². The summed E-state index contributed by atoms with van der Waals surface area (Å²) in [6.07, 6.45) is 8.53. The minimum Gasteiger partial charge on any atom is -0.313 e. The molecule has 0 aliphatic heterocycles. The molecule has 1 heterocycles. The van der Waals surface area contributed by atoms with Gasteiger partial charge in [0.1, 0.15) is 11.1 Å². The fourth-order valence-electron chi connectivity index (χ4n) is 2.88. The Labute approximate surface area is 150 Å². The summed E-state index contributed by atoms with van der Waals surface area (Å²) in [6.45, 7) is 0. The van der Waals surface area contributed by atoms with Crippen LogP contribution in [0.1, 0.15) is 40.8 Å². The van der Waals surface area contributed by atoms with E-state index in [-0.39, 0.29) is 5.91 Å². The highest BCUT2D eigenvalue weighted by Crippen LogP contribution is 2.36. The number of thiophene rings is 1. The van der Waals surface area contributed by atoms with E-state index in [9.17, 15) is 10.1 Å². The minimum absolute atomic E-state index is 0.247. The third-order valence-corrected chi connectivity index (χ3v) is 5.64. The summed E-state index contributed by atoms with van der Waals surface area (Å²) in [7, 11) is 0. The Morgan fingerprint density at radius 3 is 2.83 bits per heavy atom. The minimum atomic E-state index is -0.247. The summed E-state index contributed by atoms with van der Waals surface area (Å²) < 4.78 is 0. The molecule has 0 fully saturated rings. The van der Waals surface area contributed by atoms with E-state index >= 15 is 0 Å². The van der Waals surface area contributed by atoms with Crippen LogP contribution in [0.15, 0.2) is 30.3 Å². The van der Waals surface area contributed by atoms with Gasteiger partial charge < -0.3 is 5.32 Å². The molecule has 24 heavy (non-hydrogen) atoms. The van der Waals surface area contributed by atoms with Gasteiger partial charge in [-0.05, 0) is 49.0 Å². The Bertz CT molecular complexity index is 832. The molecule has 0 saturated heterocycles. The number of halogens is 1. The van der Waals surface area contributed by atoms with Gasteiger partial charge in [-0.1, -0.05) is 36.2 Å². The third kappa shape index (κ3) is 3.69. The van der Waals surface area contributed by atoms with Crippen molar-refractivity contribution in [2.75, 3.05) is 5.32 Å². The molecule has 0 saturated carbocycles. The van der Waals surface area contributed by atoms with Crippen molar-refractivity contribution in [2.45, 2.75) is 32.1 Å². The van der Waals surface area contributed by atoms with Crippen LogP contribution in [0.5, 0.6) is 0 Å². The van der Waals surface area contributed by atoms with Crippen molar-refractivity contribution in [2.24, 2.45) is 0 Å². The van der Waals surface area contributed by atoms with Crippen molar-refractivity contribution in [1.82, 2.24) is 0 Å². The zero-order valence-corrected chi connectivity index (χ0v) is 14.7. The van der Waals surface area contributed by atoms with Crippen molar-refractivity contribution < 1.29 is 4.79 Å². The van der Waals surface area contributed by atoms with Crippen LogP contribution in [0.2, 0.25) is 5.02 Å². The molecule has 1 aromatic heterocycles. The molecule has 0 atom stereocenters. The van der Waals surface area contributed by atoms with E-state index in [1.54, 1.807) is 12.1 Å². The number of carbonyl (C=O) groups excluding carboxylic acids is 1. The monoisotopic (exact) mass is 356 g/mol. The number of carbonyl (C=O) groups is 1. The van der Waals surface area contributed by atoms with Crippen LogP contribution in [-0.4, -0.2) is 5.91 Å². The van der Waals surface area contributed by atoms with E-state index in [0.29, 0.717) is 15.6 Å². The maximum Gasteiger partial charge on any atom is 0.249 e. The second-order valence-electron chi connectivity index (χ2n) is 5.72. The molecule has 1 aliphatic rings. The zero-order chi connectivity index (χ0) is 16.9. The summed E-state index contributed by atoms with van der Waals surface area (Å²) in [5, 5.41) is 13.6. The van der Waals surface area contributed by atoms with E-state index in [4.69, 9.17) is 11.6 Å². The number of benzene rings is 1. The van der Waals surface area contributed by atoms with Gasteiger partial charge in [-0.25, -0.2) is 0 Å². The van der Waals surface area contributed by atoms with Gasteiger partial charge in [0.15, 0.2) is 0 Å². The number of amides is 1. The molecule has 5 heteroatoms. The first-order valence-corrected chi connectivity index (χ1v) is 9.16. The number of hydrogen-bond donors (Lipinski definition) is 1. The summed E-state index contributed by atoms with van der Waals surface area (Å²) in [5.74, 6) is -0.247. The predicted octanol–water partition coefficient (Wildman–Crippen LogP) is 5.19. The summed E-state index contributed by atoms with van der Waals surface area (Å²) in [5.41, 5.74) is 2.55.